The molecule has 6 nitrogen and oxygen atoms in total. The van der Waals surface area contributed by atoms with Crippen LogP contribution in [0.4, 0.5) is 11.6 Å². The van der Waals surface area contributed by atoms with Gasteiger partial charge in [-0.1, -0.05) is 36.7 Å². The summed E-state index contributed by atoms with van der Waals surface area (Å²) in [7, 11) is 0. The number of aryl methyl sites for hydroxylation is 1. The first-order chi connectivity index (χ1) is 11.7. The van der Waals surface area contributed by atoms with E-state index in [0.29, 0.717) is 23.0 Å². The molecule has 0 spiro atoms. The van der Waals surface area contributed by atoms with Crippen molar-refractivity contribution in [2.75, 3.05) is 10.9 Å². The number of nitrogens with zero attached hydrogens (tertiary/aromatic N) is 3. The Morgan fingerprint density at radius 1 is 1.00 bits per heavy atom. The number of anilines is 2. The second-order valence-corrected chi connectivity index (χ2v) is 5.46. The van der Waals surface area contributed by atoms with Crippen LogP contribution < -0.4 is 16.5 Å². The maximum Gasteiger partial charge on any atom is 0.356 e. The highest BCUT2D eigenvalue weighted by Gasteiger charge is 2.10. The van der Waals surface area contributed by atoms with Crippen LogP contribution >= 0.6 is 11.6 Å². The number of para-hydroxylation sites is 1. The molecule has 0 fully saturated rings. The Hall–Kier alpha value is -2.86. The quantitative estimate of drug-likeness (QED) is 0.697. The molecule has 0 saturated carbocycles. The van der Waals surface area contributed by atoms with Gasteiger partial charge in [0.05, 0.1) is 11.4 Å². The fraction of sp³-hybridized carbons (Fsp3) is 0.118. The van der Waals surface area contributed by atoms with Gasteiger partial charge >= 0.3 is 5.69 Å². The zero-order valence-corrected chi connectivity index (χ0v) is 13.8. The van der Waals surface area contributed by atoms with Crippen LogP contribution in [-0.4, -0.2) is 14.5 Å². The van der Waals surface area contributed by atoms with Crippen molar-refractivity contribution in [1.29, 1.82) is 0 Å². The van der Waals surface area contributed by atoms with Gasteiger partial charge in [0.2, 0.25) is 5.95 Å². The Labute approximate surface area is 144 Å². The molecular formula is C17H16ClN5O. The van der Waals surface area contributed by atoms with Gasteiger partial charge in [-0.15, -0.1) is 0 Å². The van der Waals surface area contributed by atoms with Gasteiger partial charge in [-0.2, -0.15) is 9.97 Å². The average Bonchev–Trinajstić information content (AvgIpc) is 2.61. The molecule has 0 aliphatic heterocycles. The first-order valence-electron chi connectivity index (χ1n) is 7.50. The highest BCUT2D eigenvalue weighted by molar-refractivity contribution is 6.30. The van der Waals surface area contributed by atoms with E-state index >= 15 is 0 Å². The molecule has 1 aromatic heterocycles. The SMILES string of the molecule is CCc1nc(NNc2ccccc2)nc(=O)n1-c1ccc(Cl)cc1. The van der Waals surface area contributed by atoms with Gasteiger partial charge in [0, 0.05) is 11.4 Å². The molecule has 0 aliphatic carbocycles. The van der Waals surface area contributed by atoms with Gasteiger partial charge < -0.3 is 0 Å². The molecule has 2 aromatic carbocycles. The normalized spacial score (nSPS) is 10.4. The minimum absolute atomic E-state index is 0.228. The lowest BCUT2D eigenvalue weighted by Crippen LogP contribution is -2.28. The summed E-state index contributed by atoms with van der Waals surface area (Å²) in [5.74, 6) is 0.834. The van der Waals surface area contributed by atoms with Crippen LogP contribution in [0.5, 0.6) is 0 Å². The number of halogens is 1. The van der Waals surface area contributed by atoms with Gasteiger partial charge in [0.15, 0.2) is 0 Å². The van der Waals surface area contributed by atoms with Crippen molar-refractivity contribution in [2.45, 2.75) is 13.3 Å². The molecule has 7 heteroatoms. The Morgan fingerprint density at radius 2 is 1.71 bits per heavy atom. The van der Waals surface area contributed by atoms with Crippen LogP contribution in [0.3, 0.4) is 0 Å². The zero-order chi connectivity index (χ0) is 16.9. The summed E-state index contributed by atoms with van der Waals surface area (Å²) >= 11 is 5.90. The molecule has 2 N–H and O–H groups in total. The lowest BCUT2D eigenvalue weighted by molar-refractivity contribution is 0.772. The fourth-order valence-corrected chi connectivity index (χ4v) is 2.37. The van der Waals surface area contributed by atoms with E-state index in [1.807, 2.05) is 37.3 Å². The summed E-state index contributed by atoms with van der Waals surface area (Å²) in [4.78, 5) is 20.8. The van der Waals surface area contributed by atoms with E-state index in [-0.39, 0.29) is 5.95 Å². The largest absolute Gasteiger partial charge is 0.356 e. The standard InChI is InChI=1S/C17H16ClN5O/c1-2-15-19-16(22-21-13-6-4-3-5-7-13)20-17(24)23(15)14-10-8-12(18)9-11-14/h3-11,21H,2H2,1H3,(H,20,22,24). The number of rotatable bonds is 5. The lowest BCUT2D eigenvalue weighted by Gasteiger charge is -2.13. The van der Waals surface area contributed by atoms with E-state index < -0.39 is 5.69 Å². The maximum atomic E-state index is 12.4. The molecular weight excluding hydrogens is 326 g/mol. The fourth-order valence-electron chi connectivity index (χ4n) is 2.24. The van der Waals surface area contributed by atoms with E-state index in [4.69, 9.17) is 11.6 Å². The van der Waals surface area contributed by atoms with Crippen LogP contribution in [0.25, 0.3) is 5.69 Å². The summed E-state index contributed by atoms with van der Waals surface area (Å²) in [6, 6.07) is 16.5. The van der Waals surface area contributed by atoms with Crippen molar-refractivity contribution in [3.05, 3.63) is 75.9 Å². The van der Waals surface area contributed by atoms with Crippen LogP contribution in [0.2, 0.25) is 5.02 Å². The minimum atomic E-state index is -0.401. The third kappa shape index (κ3) is 3.55. The monoisotopic (exact) mass is 341 g/mol. The van der Waals surface area contributed by atoms with Gasteiger partial charge in [0.1, 0.15) is 5.82 Å². The van der Waals surface area contributed by atoms with E-state index in [1.165, 1.54) is 4.57 Å². The lowest BCUT2D eigenvalue weighted by atomic mass is 10.3. The molecule has 0 unspecified atom stereocenters. The molecule has 0 saturated heterocycles. The molecule has 0 aliphatic rings. The number of hydrogen-bond acceptors (Lipinski definition) is 5. The molecule has 122 valence electrons. The van der Waals surface area contributed by atoms with E-state index in [9.17, 15) is 4.79 Å². The average molecular weight is 342 g/mol. The summed E-state index contributed by atoms with van der Waals surface area (Å²) in [5, 5.41) is 0.608. The van der Waals surface area contributed by atoms with Gasteiger partial charge in [0.25, 0.3) is 0 Å². The molecule has 0 bridgehead atoms. The Bertz CT molecular complexity index is 878. The molecule has 0 radical (unpaired) electrons. The number of benzene rings is 2. The van der Waals surface area contributed by atoms with Crippen LogP contribution in [0.15, 0.2) is 59.4 Å². The summed E-state index contributed by atoms with van der Waals surface area (Å²) in [6.45, 7) is 1.93. The number of aromatic nitrogens is 3. The van der Waals surface area contributed by atoms with E-state index in [2.05, 4.69) is 20.8 Å². The third-order valence-electron chi connectivity index (χ3n) is 3.38. The van der Waals surface area contributed by atoms with Crippen molar-refractivity contribution in [3.8, 4) is 5.69 Å². The molecule has 1 heterocycles. The topological polar surface area (TPSA) is 71.8 Å². The zero-order valence-electron chi connectivity index (χ0n) is 13.0. The van der Waals surface area contributed by atoms with Gasteiger partial charge in [-0.25, -0.2) is 9.36 Å². The smallest absolute Gasteiger partial charge is 0.298 e. The summed E-state index contributed by atoms with van der Waals surface area (Å²) in [6.07, 6.45) is 0.584. The summed E-state index contributed by atoms with van der Waals surface area (Å²) in [5.41, 5.74) is 6.95. The van der Waals surface area contributed by atoms with E-state index in [1.54, 1.807) is 24.3 Å². The van der Waals surface area contributed by atoms with Crippen molar-refractivity contribution >= 4 is 23.2 Å². The third-order valence-corrected chi connectivity index (χ3v) is 3.63. The predicted octanol–water partition coefficient (Wildman–Crippen LogP) is 3.28. The van der Waals surface area contributed by atoms with Crippen molar-refractivity contribution in [3.63, 3.8) is 0 Å². The minimum Gasteiger partial charge on any atom is -0.298 e. The molecule has 3 rings (SSSR count). The van der Waals surface area contributed by atoms with Gasteiger partial charge in [-0.05, 0) is 36.4 Å². The first-order valence-corrected chi connectivity index (χ1v) is 7.88. The highest BCUT2D eigenvalue weighted by atomic mass is 35.5. The van der Waals surface area contributed by atoms with Crippen LogP contribution in [0, 0.1) is 0 Å². The van der Waals surface area contributed by atoms with Crippen molar-refractivity contribution in [2.24, 2.45) is 0 Å². The number of nitrogens with one attached hydrogen (secondary N) is 2. The predicted molar refractivity (Wildman–Crippen MR) is 95.7 cm³/mol. The number of hydrogen-bond donors (Lipinski definition) is 2. The van der Waals surface area contributed by atoms with Gasteiger partial charge in [-0.3, -0.25) is 10.9 Å². The van der Waals surface area contributed by atoms with Crippen molar-refractivity contribution in [1.82, 2.24) is 14.5 Å². The van der Waals surface area contributed by atoms with Crippen molar-refractivity contribution < 1.29 is 0 Å². The maximum absolute atomic E-state index is 12.4. The number of hydrazine groups is 1. The Balaban J connectivity index is 1.90. The highest BCUT2D eigenvalue weighted by Crippen LogP contribution is 2.14. The molecule has 24 heavy (non-hydrogen) atoms. The summed E-state index contributed by atoms with van der Waals surface area (Å²) < 4.78 is 1.48. The first kappa shape index (κ1) is 16.0. The second-order valence-electron chi connectivity index (χ2n) is 5.03. The Kier molecular flexibility index (Phi) is 4.77. The van der Waals surface area contributed by atoms with E-state index in [0.717, 1.165) is 5.69 Å². The molecule has 0 amide bonds. The second kappa shape index (κ2) is 7.14. The molecule has 0 atom stereocenters. The van der Waals surface area contributed by atoms with Crippen LogP contribution in [0.1, 0.15) is 12.7 Å². The molecule has 3 aromatic rings. The Morgan fingerprint density at radius 3 is 2.38 bits per heavy atom. The van der Waals surface area contributed by atoms with Crippen LogP contribution in [-0.2, 0) is 6.42 Å².